The molecule has 4 aromatic carbocycles. The van der Waals surface area contributed by atoms with Crippen LogP contribution >= 0.6 is 17.5 Å². The Labute approximate surface area is 220 Å². The predicted molar refractivity (Wildman–Crippen MR) is 144 cm³/mol. The summed E-state index contributed by atoms with van der Waals surface area (Å²) in [5.74, 6) is 0.0565. The number of ether oxygens (including phenoxy) is 1. The Morgan fingerprint density at radius 3 is 1.65 bits per heavy atom. The van der Waals surface area contributed by atoms with Crippen LogP contribution < -0.4 is 16.3 Å². The van der Waals surface area contributed by atoms with Gasteiger partial charge in [0.15, 0.2) is 0 Å². The minimum atomic E-state index is -0.613. The van der Waals surface area contributed by atoms with Crippen molar-refractivity contribution < 1.29 is 22.9 Å². The van der Waals surface area contributed by atoms with Crippen LogP contribution in [-0.4, -0.2) is 7.11 Å². The van der Waals surface area contributed by atoms with Gasteiger partial charge in [-0.2, -0.15) is 29.8 Å². The molecule has 0 aliphatic carbocycles. The third-order valence-corrected chi connectivity index (χ3v) is 7.86. The van der Waals surface area contributed by atoms with Gasteiger partial charge in [0.05, 0.1) is 0 Å². The van der Waals surface area contributed by atoms with Crippen LogP contribution in [0.5, 0.6) is 0 Å². The maximum absolute atomic E-state index is 5.94. The van der Waals surface area contributed by atoms with Crippen LogP contribution in [0.15, 0.2) is 109 Å². The fourth-order valence-corrected chi connectivity index (χ4v) is 6.14. The number of hydrogen-bond acceptors (Lipinski definition) is 2. The van der Waals surface area contributed by atoms with Crippen molar-refractivity contribution in [2.75, 3.05) is 7.11 Å². The van der Waals surface area contributed by atoms with Gasteiger partial charge in [-0.05, 0) is 31.0 Å². The van der Waals surface area contributed by atoms with E-state index in [1.807, 2.05) is 25.1 Å². The first-order valence-corrected chi connectivity index (χ1v) is 14.3. The second-order valence-corrected chi connectivity index (χ2v) is 9.84. The molecular weight excluding hydrogens is 551 g/mol. The van der Waals surface area contributed by atoms with Crippen molar-refractivity contribution >= 4 is 28.1 Å². The predicted octanol–water partition coefficient (Wildman–Crippen LogP) is 6.97. The quantitative estimate of drug-likeness (QED) is 0.152. The van der Waals surface area contributed by atoms with Gasteiger partial charge in [-0.3, -0.25) is 0 Å². The van der Waals surface area contributed by atoms with Crippen LogP contribution in [0.25, 0.3) is 0 Å². The van der Waals surface area contributed by atoms with Gasteiger partial charge in [0, 0.05) is 13.2 Å². The van der Waals surface area contributed by atoms with E-state index in [1.54, 1.807) is 7.11 Å². The average Bonchev–Trinajstić information content (AvgIpc) is 2.90. The molecular formula is C29H31ClNOPPd. The van der Waals surface area contributed by atoms with Crippen LogP contribution in [0.1, 0.15) is 35.5 Å². The average molecular weight is 582 g/mol. The molecule has 2 nitrogen and oxygen atoms in total. The third-order valence-electron chi connectivity index (χ3n) is 5.17. The van der Waals surface area contributed by atoms with E-state index in [1.165, 1.54) is 21.7 Å². The van der Waals surface area contributed by atoms with Gasteiger partial charge in [-0.1, -0.05) is 97.9 Å². The fraction of sp³-hybridized carbons (Fsp3) is 0.172. The third kappa shape index (κ3) is 8.44. The number of benzene rings is 4. The van der Waals surface area contributed by atoms with Gasteiger partial charge in [0.2, 0.25) is 0 Å². The van der Waals surface area contributed by atoms with Gasteiger partial charge in [-0.15, -0.1) is 5.56 Å². The first-order chi connectivity index (χ1) is 16.6. The molecule has 2 N–H and O–H groups in total. The maximum atomic E-state index is 5.94. The summed E-state index contributed by atoms with van der Waals surface area (Å²) >= 11 is 2.22. The molecule has 0 aliphatic heterocycles. The summed E-state index contributed by atoms with van der Waals surface area (Å²) in [5.41, 5.74) is 9.24. The molecule has 1 unspecified atom stereocenters. The molecule has 34 heavy (non-hydrogen) atoms. The number of aryl methyl sites for hydroxylation is 1. The van der Waals surface area contributed by atoms with Crippen molar-refractivity contribution in [1.82, 2.24) is 0 Å². The second kappa shape index (κ2) is 16.0. The molecule has 0 saturated heterocycles. The minimum absolute atomic E-state index is 0.0565. The van der Waals surface area contributed by atoms with Gasteiger partial charge < -0.3 is 10.5 Å². The number of methoxy groups -OCH3 is 1. The zero-order chi connectivity index (χ0) is 24.8. The number of halogens is 1. The van der Waals surface area contributed by atoms with Crippen molar-refractivity contribution in [1.29, 1.82) is 0 Å². The summed E-state index contributed by atoms with van der Waals surface area (Å²) in [7, 11) is 5.68. The topological polar surface area (TPSA) is 35.2 Å². The Hall–Kier alpha value is -1.82. The van der Waals surface area contributed by atoms with Crippen LogP contribution in [0, 0.1) is 13.0 Å². The summed E-state index contributed by atoms with van der Waals surface area (Å²) in [6.45, 7) is 4.02. The van der Waals surface area contributed by atoms with Gasteiger partial charge in [-0.25, -0.2) is 0 Å². The first-order valence-electron chi connectivity index (χ1n) is 10.9. The standard InChI is InChI=1S/C20H19OP.C9H12N.ClH.Pd/c1-21-20(17-11-5-2-6-12-17)22(18-13-7-3-8-14-18)19-15-9-4-10-16-19;1-7-5-3-4-6-9(7)8(2)10;;/h2-16,20H,1H3;3-5,8H,10H2,1-2H3;1H;/q;-1;;+2/p-1/t;8-;;/m.1../s1. The summed E-state index contributed by atoms with van der Waals surface area (Å²) in [6.07, 6.45) is 0. The number of hydrogen-bond donors (Lipinski definition) is 1. The van der Waals surface area contributed by atoms with Crippen molar-refractivity contribution in [2.24, 2.45) is 5.73 Å². The monoisotopic (exact) mass is 581 g/mol. The summed E-state index contributed by atoms with van der Waals surface area (Å²) in [4.78, 5) is 0. The van der Waals surface area contributed by atoms with Crippen LogP contribution in [0.3, 0.4) is 0 Å². The molecule has 0 aliphatic rings. The van der Waals surface area contributed by atoms with Crippen LogP contribution in [0.2, 0.25) is 0 Å². The van der Waals surface area contributed by atoms with E-state index in [4.69, 9.17) is 10.5 Å². The zero-order valence-electron chi connectivity index (χ0n) is 19.7. The molecule has 0 fully saturated rings. The van der Waals surface area contributed by atoms with Gasteiger partial charge in [0.1, 0.15) is 5.85 Å². The molecule has 0 radical (unpaired) electrons. The second-order valence-electron chi connectivity index (χ2n) is 7.60. The van der Waals surface area contributed by atoms with Gasteiger partial charge in [0.25, 0.3) is 0 Å². The Morgan fingerprint density at radius 2 is 1.26 bits per heavy atom. The van der Waals surface area contributed by atoms with Crippen LogP contribution in [-0.2, 0) is 22.9 Å². The van der Waals surface area contributed by atoms with Crippen molar-refractivity contribution in [3.63, 3.8) is 0 Å². The van der Waals surface area contributed by atoms with Crippen molar-refractivity contribution in [3.8, 4) is 0 Å². The molecule has 4 aromatic rings. The summed E-state index contributed by atoms with van der Waals surface area (Å²) < 4.78 is 5.94. The van der Waals surface area contributed by atoms with E-state index >= 15 is 0 Å². The molecule has 0 saturated carbocycles. The SMILES string of the molecule is COC(c1ccccc1)P(c1ccccc1)c1ccccc1.Cc1ccc[c-]c1[C@@H](C)N.[Cl][Pd+]. The van der Waals surface area contributed by atoms with E-state index in [0.29, 0.717) is 0 Å². The Kier molecular flexibility index (Phi) is 13.3. The fourth-order valence-electron chi connectivity index (χ4n) is 3.63. The summed E-state index contributed by atoms with van der Waals surface area (Å²) in [6, 6.07) is 41.0. The molecule has 4 rings (SSSR count). The Bertz CT molecular complexity index is 1030. The number of rotatable bonds is 6. The molecule has 0 bridgehead atoms. The van der Waals surface area contributed by atoms with E-state index in [-0.39, 0.29) is 11.9 Å². The van der Waals surface area contributed by atoms with Crippen molar-refractivity contribution in [2.45, 2.75) is 25.7 Å². The molecule has 2 atom stereocenters. The summed E-state index contributed by atoms with van der Waals surface area (Å²) in [5, 5.41) is 2.67. The Morgan fingerprint density at radius 1 is 0.794 bits per heavy atom. The molecule has 5 heteroatoms. The van der Waals surface area contributed by atoms with E-state index in [9.17, 15) is 0 Å². The molecule has 0 spiro atoms. The van der Waals surface area contributed by atoms with E-state index in [2.05, 4.69) is 132 Å². The van der Waals surface area contributed by atoms with Crippen molar-refractivity contribution in [3.05, 3.63) is 132 Å². The zero-order valence-corrected chi connectivity index (χ0v) is 22.9. The molecule has 180 valence electrons. The number of nitrogens with two attached hydrogens (primary N) is 1. The van der Waals surface area contributed by atoms with E-state index in [0.717, 1.165) is 5.56 Å². The van der Waals surface area contributed by atoms with E-state index < -0.39 is 7.92 Å². The van der Waals surface area contributed by atoms with Gasteiger partial charge >= 0.3 is 27.7 Å². The normalized spacial score (nSPS) is 12.0. The Balaban J connectivity index is 0.000000286. The first kappa shape index (κ1) is 28.4. The molecule has 0 amide bonds. The molecule has 0 heterocycles. The molecule has 0 aromatic heterocycles. The van der Waals surface area contributed by atoms with Crippen LogP contribution in [0.4, 0.5) is 0 Å².